The van der Waals surface area contributed by atoms with Crippen LogP contribution in [0.1, 0.15) is 27.8 Å². The molecule has 0 bridgehead atoms. The van der Waals surface area contributed by atoms with Crippen molar-refractivity contribution in [1.29, 1.82) is 0 Å². The zero-order chi connectivity index (χ0) is 19.0. The van der Waals surface area contributed by atoms with E-state index in [2.05, 4.69) is 0 Å². The highest BCUT2D eigenvalue weighted by molar-refractivity contribution is 9.07. The van der Waals surface area contributed by atoms with E-state index in [1.807, 2.05) is 6.26 Å². The van der Waals surface area contributed by atoms with Gasteiger partial charge in [-0.05, 0) is 57.4 Å². The summed E-state index contributed by atoms with van der Waals surface area (Å²) in [7, 11) is 2.38. The Hall–Kier alpha value is -1.31. The lowest BCUT2D eigenvalue weighted by molar-refractivity contribution is 0.437. The monoisotopic (exact) mass is 399 g/mol. The molecule has 2 aromatic carbocycles. The number of aromatic hydroxyl groups is 4. The summed E-state index contributed by atoms with van der Waals surface area (Å²) in [6.07, 6.45) is 1.96. The van der Waals surface area contributed by atoms with Gasteiger partial charge in [-0.2, -0.15) is 0 Å². The third-order valence-corrected chi connectivity index (χ3v) is 10.6. The quantitative estimate of drug-likeness (QED) is 0.329. The minimum atomic E-state index is -0.436. The van der Waals surface area contributed by atoms with E-state index in [-0.39, 0.29) is 23.0 Å². The zero-order valence-corrected chi connectivity index (χ0v) is 17.5. The van der Waals surface area contributed by atoms with Gasteiger partial charge in [-0.3, -0.25) is 0 Å². The second-order valence-corrected chi connectivity index (χ2v) is 11.7. The molecule has 25 heavy (non-hydrogen) atoms. The highest BCUT2D eigenvalue weighted by atomic mass is 33.5. The van der Waals surface area contributed by atoms with Crippen LogP contribution in [0.25, 0.3) is 0 Å². The molecule has 0 fully saturated rings. The molecule has 0 aliphatic rings. The van der Waals surface area contributed by atoms with Crippen molar-refractivity contribution in [3.63, 3.8) is 0 Å². The van der Waals surface area contributed by atoms with E-state index >= 15 is 0 Å². The molecular formula is C18H23O4S3+. The largest absolute Gasteiger partial charge is 0.508 e. The number of rotatable bonds is 4. The molecule has 4 N–H and O–H groups in total. The molecule has 0 saturated carbocycles. The van der Waals surface area contributed by atoms with E-state index in [4.69, 9.17) is 0 Å². The maximum atomic E-state index is 10.5. The third kappa shape index (κ3) is 3.64. The van der Waals surface area contributed by atoms with Crippen LogP contribution < -0.4 is 0 Å². The fraction of sp³-hybridized carbons (Fsp3) is 0.333. The first kappa shape index (κ1) is 20.0. The van der Waals surface area contributed by atoms with Crippen molar-refractivity contribution in [2.24, 2.45) is 0 Å². The standard InChI is InChI=1S/C18H22O4S3/c1-8-9(2)16(21)14(7-13(8)19)23-24-25(6)18-12(5)15(20)10(3)11(4)17(18)22/h7H,1-6H3,(H3-,19,20,21,22)/p+1. The molecule has 0 heterocycles. The van der Waals surface area contributed by atoms with E-state index in [9.17, 15) is 20.4 Å². The number of phenols is 4. The fourth-order valence-corrected chi connectivity index (χ4v) is 7.99. The number of benzene rings is 2. The minimum Gasteiger partial charge on any atom is -0.508 e. The first-order valence-electron chi connectivity index (χ1n) is 7.62. The van der Waals surface area contributed by atoms with E-state index < -0.39 is 9.93 Å². The lowest BCUT2D eigenvalue weighted by Crippen LogP contribution is -2.00. The lowest BCUT2D eigenvalue weighted by Gasteiger charge is -2.14. The van der Waals surface area contributed by atoms with Crippen molar-refractivity contribution in [2.45, 2.75) is 44.4 Å². The Balaban J connectivity index is 2.33. The summed E-state index contributed by atoms with van der Waals surface area (Å²) in [4.78, 5) is 1.29. The third-order valence-electron chi connectivity index (χ3n) is 4.50. The molecule has 4 nitrogen and oxygen atoms in total. The van der Waals surface area contributed by atoms with Crippen LogP contribution in [0.5, 0.6) is 23.0 Å². The van der Waals surface area contributed by atoms with E-state index in [1.165, 1.54) is 20.6 Å². The molecule has 2 rings (SSSR count). The molecule has 0 aliphatic carbocycles. The van der Waals surface area contributed by atoms with Crippen molar-refractivity contribution in [3.8, 4) is 23.0 Å². The van der Waals surface area contributed by atoms with E-state index in [0.29, 0.717) is 37.6 Å². The van der Waals surface area contributed by atoms with Crippen LogP contribution in [0.2, 0.25) is 0 Å². The topological polar surface area (TPSA) is 80.9 Å². The van der Waals surface area contributed by atoms with Crippen LogP contribution in [0.4, 0.5) is 0 Å². The van der Waals surface area contributed by atoms with Gasteiger partial charge in [0, 0.05) is 16.4 Å². The highest BCUT2D eigenvalue weighted by Crippen LogP contribution is 2.50. The van der Waals surface area contributed by atoms with Gasteiger partial charge in [0.1, 0.15) is 33.4 Å². The lowest BCUT2D eigenvalue weighted by atomic mass is 10.0. The van der Waals surface area contributed by atoms with Gasteiger partial charge in [-0.15, -0.1) is 0 Å². The van der Waals surface area contributed by atoms with E-state index in [0.717, 1.165) is 0 Å². The summed E-state index contributed by atoms with van der Waals surface area (Å²) >= 11 is 0. The zero-order valence-electron chi connectivity index (χ0n) is 15.1. The molecule has 0 saturated heterocycles. The van der Waals surface area contributed by atoms with Gasteiger partial charge in [-0.1, -0.05) is 0 Å². The summed E-state index contributed by atoms with van der Waals surface area (Å²) < 4.78 is 0. The molecule has 2 aromatic rings. The number of hydrogen-bond donors (Lipinski definition) is 4. The first-order chi connectivity index (χ1) is 11.6. The van der Waals surface area contributed by atoms with Crippen molar-refractivity contribution in [3.05, 3.63) is 33.9 Å². The summed E-state index contributed by atoms with van der Waals surface area (Å²) in [5.74, 6) is 0.728. The van der Waals surface area contributed by atoms with Gasteiger partial charge in [0.25, 0.3) is 0 Å². The van der Waals surface area contributed by atoms with Crippen molar-refractivity contribution >= 4 is 30.5 Å². The van der Waals surface area contributed by atoms with Gasteiger partial charge >= 0.3 is 0 Å². The first-order valence-corrected chi connectivity index (χ1v) is 11.9. The van der Waals surface area contributed by atoms with Crippen molar-refractivity contribution in [2.75, 3.05) is 6.26 Å². The second kappa shape index (κ2) is 7.51. The summed E-state index contributed by atoms with van der Waals surface area (Å²) in [5, 5.41) is 41.1. The summed E-state index contributed by atoms with van der Waals surface area (Å²) in [6.45, 7) is 8.89. The molecule has 1 unspecified atom stereocenters. The Kier molecular flexibility index (Phi) is 6.01. The molecule has 1 atom stereocenters. The summed E-state index contributed by atoms with van der Waals surface area (Å²) in [5.41, 5.74) is 3.35. The Morgan fingerprint density at radius 2 is 1.24 bits per heavy atom. The fourth-order valence-electron chi connectivity index (χ4n) is 2.48. The average Bonchev–Trinajstić information content (AvgIpc) is 2.58. The Morgan fingerprint density at radius 3 is 1.84 bits per heavy atom. The molecular weight excluding hydrogens is 376 g/mol. The maximum absolute atomic E-state index is 10.5. The average molecular weight is 400 g/mol. The summed E-state index contributed by atoms with van der Waals surface area (Å²) in [6, 6.07) is 1.55. The van der Waals surface area contributed by atoms with Crippen LogP contribution in [-0.2, 0) is 9.93 Å². The molecule has 0 aliphatic heterocycles. The minimum absolute atomic E-state index is 0.150. The van der Waals surface area contributed by atoms with Crippen molar-refractivity contribution in [1.82, 2.24) is 0 Å². The van der Waals surface area contributed by atoms with Crippen LogP contribution in [0.3, 0.4) is 0 Å². The molecule has 7 heteroatoms. The maximum Gasteiger partial charge on any atom is 0.216 e. The SMILES string of the molecule is Cc1c(O)cc(SS[S+](C)c2c(C)c(O)c(C)c(C)c2O)c(O)c1C. The van der Waals surface area contributed by atoms with Crippen LogP contribution in [0.15, 0.2) is 15.9 Å². The van der Waals surface area contributed by atoms with Gasteiger partial charge in [0.15, 0.2) is 15.6 Å². The van der Waals surface area contributed by atoms with Crippen LogP contribution >= 0.6 is 20.6 Å². The Morgan fingerprint density at radius 1 is 0.720 bits per heavy atom. The molecule has 136 valence electrons. The van der Waals surface area contributed by atoms with Gasteiger partial charge in [-0.25, -0.2) is 0 Å². The van der Waals surface area contributed by atoms with Gasteiger partial charge in [0.05, 0.1) is 10.5 Å². The smallest absolute Gasteiger partial charge is 0.216 e. The molecule has 0 spiro atoms. The number of phenolic OH excluding ortho intramolecular Hbond substituents is 4. The number of hydrogen-bond acceptors (Lipinski definition) is 6. The molecule has 0 aromatic heterocycles. The molecule has 0 amide bonds. The van der Waals surface area contributed by atoms with Crippen LogP contribution in [0, 0.1) is 34.6 Å². The molecule has 0 radical (unpaired) electrons. The van der Waals surface area contributed by atoms with Crippen LogP contribution in [-0.4, -0.2) is 26.7 Å². The highest BCUT2D eigenvalue weighted by Gasteiger charge is 2.31. The Labute approximate surface area is 158 Å². The van der Waals surface area contributed by atoms with E-state index in [1.54, 1.807) is 40.7 Å². The second-order valence-electron chi connectivity index (χ2n) is 6.00. The predicted octanol–water partition coefficient (Wildman–Crippen LogP) is 5.01. The normalized spacial score (nSPS) is 12.4. The Bertz CT molecular complexity index is 805. The van der Waals surface area contributed by atoms with Crippen molar-refractivity contribution < 1.29 is 20.4 Å². The predicted molar refractivity (Wildman–Crippen MR) is 108 cm³/mol. The van der Waals surface area contributed by atoms with Gasteiger partial charge in [0.2, 0.25) is 4.90 Å². The van der Waals surface area contributed by atoms with Gasteiger partial charge < -0.3 is 20.4 Å².